The lowest BCUT2D eigenvalue weighted by molar-refractivity contribution is -0.117. The number of carboxylic acid groups (broad SMARTS) is 1. The lowest BCUT2D eigenvalue weighted by Crippen LogP contribution is -2.30. The van der Waals surface area contributed by atoms with Crippen molar-refractivity contribution in [1.29, 1.82) is 0 Å². The number of hydrogen-bond donors (Lipinski definition) is 4. The van der Waals surface area contributed by atoms with Crippen LogP contribution >= 0.6 is 11.6 Å². The second kappa shape index (κ2) is 8.69. The molecule has 4 rings (SSSR count). The number of nitrogens with one attached hydrogen (secondary N) is 3. The first-order valence-corrected chi connectivity index (χ1v) is 9.34. The summed E-state index contributed by atoms with van der Waals surface area (Å²) >= 11 is 6.14. The molecule has 0 saturated carbocycles. The fourth-order valence-electron chi connectivity index (χ4n) is 2.86. The van der Waals surface area contributed by atoms with Crippen LogP contribution in [0.3, 0.4) is 0 Å². The topological polar surface area (TPSA) is 169 Å². The zero-order chi connectivity index (χ0) is 22.7. The van der Waals surface area contributed by atoms with Crippen molar-refractivity contribution in [1.82, 2.24) is 29.2 Å². The second-order valence-electron chi connectivity index (χ2n) is 6.30. The Labute approximate surface area is 184 Å². The normalized spacial score (nSPS) is 10.7. The van der Waals surface area contributed by atoms with E-state index in [0.717, 1.165) is 6.33 Å². The third kappa shape index (κ3) is 4.32. The van der Waals surface area contributed by atoms with Crippen LogP contribution in [0.1, 0.15) is 10.5 Å². The van der Waals surface area contributed by atoms with Gasteiger partial charge < -0.3 is 15.0 Å². The Morgan fingerprint density at radius 1 is 1.06 bits per heavy atom. The van der Waals surface area contributed by atoms with Gasteiger partial charge >= 0.3 is 6.09 Å². The standard InChI is InChI=1S/C18H14ClN9O4/c19-11-3-6-28(14(11)17(30)24-10-1-4-20-5-2-10)26-12(29)7-27-9-23-13-15(25-18(31)32)21-8-22-16(13)27/h1-6,8-9H,7H2,(H,26,29)(H,31,32)(H,20,24,30)(H,21,22,25). The Morgan fingerprint density at radius 3 is 2.59 bits per heavy atom. The van der Waals surface area contributed by atoms with Gasteiger partial charge in [0.05, 0.1) is 11.3 Å². The van der Waals surface area contributed by atoms with Gasteiger partial charge in [0.2, 0.25) is 0 Å². The van der Waals surface area contributed by atoms with Gasteiger partial charge in [-0.25, -0.2) is 19.7 Å². The van der Waals surface area contributed by atoms with Crippen LogP contribution in [0.5, 0.6) is 0 Å². The predicted octanol–water partition coefficient (Wildman–Crippen LogP) is 1.79. The smallest absolute Gasteiger partial charge is 0.410 e. The maximum absolute atomic E-state index is 12.6. The number of amides is 3. The molecule has 0 saturated heterocycles. The SMILES string of the molecule is O=C(O)Nc1ncnc2c1ncn2CC(=O)Nn1ccc(Cl)c1C(=O)Nc1ccncc1. The maximum atomic E-state index is 12.6. The van der Waals surface area contributed by atoms with E-state index in [2.05, 4.69) is 36.0 Å². The summed E-state index contributed by atoms with van der Waals surface area (Å²) in [5, 5.41) is 13.8. The minimum atomic E-state index is -1.31. The first-order chi connectivity index (χ1) is 15.4. The third-order valence-corrected chi connectivity index (χ3v) is 4.48. The molecule has 0 aliphatic rings. The first-order valence-electron chi connectivity index (χ1n) is 8.96. The molecule has 3 amide bonds. The number of pyridine rings is 1. The van der Waals surface area contributed by atoms with E-state index < -0.39 is 17.9 Å². The van der Waals surface area contributed by atoms with Gasteiger partial charge in [0, 0.05) is 24.3 Å². The Balaban J connectivity index is 1.51. The van der Waals surface area contributed by atoms with E-state index in [1.165, 1.54) is 40.2 Å². The Kier molecular flexibility index (Phi) is 5.63. The Bertz CT molecular complexity index is 1320. The minimum Gasteiger partial charge on any atom is -0.465 e. The van der Waals surface area contributed by atoms with E-state index in [1.807, 2.05) is 0 Å². The van der Waals surface area contributed by atoms with Gasteiger partial charge in [-0.1, -0.05) is 11.6 Å². The number of hydrogen-bond acceptors (Lipinski definition) is 7. The van der Waals surface area contributed by atoms with Crippen LogP contribution in [0.25, 0.3) is 11.2 Å². The molecule has 14 heteroatoms. The minimum absolute atomic E-state index is 0.00563. The molecule has 0 aliphatic carbocycles. The summed E-state index contributed by atoms with van der Waals surface area (Å²) in [6.45, 7) is -0.221. The van der Waals surface area contributed by atoms with E-state index in [-0.39, 0.29) is 34.2 Å². The Morgan fingerprint density at radius 2 is 1.84 bits per heavy atom. The van der Waals surface area contributed by atoms with Gasteiger partial charge in [0.25, 0.3) is 11.8 Å². The van der Waals surface area contributed by atoms with Crippen molar-refractivity contribution in [2.45, 2.75) is 6.54 Å². The van der Waals surface area contributed by atoms with Gasteiger partial charge in [0.1, 0.15) is 18.6 Å². The molecule has 4 aromatic rings. The fraction of sp³-hybridized carbons (Fsp3) is 0.0556. The number of nitrogens with zero attached hydrogens (tertiary/aromatic N) is 6. The molecule has 0 bridgehead atoms. The number of halogens is 1. The molecular weight excluding hydrogens is 442 g/mol. The monoisotopic (exact) mass is 455 g/mol. The van der Waals surface area contributed by atoms with Crippen molar-refractivity contribution in [3.8, 4) is 0 Å². The van der Waals surface area contributed by atoms with Crippen LogP contribution < -0.4 is 16.1 Å². The van der Waals surface area contributed by atoms with Crippen LogP contribution in [0, 0.1) is 0 Å². The van der Waals surface area contributed by atoms with Crippen LogP contribution in [-0.2, 0) is 11.3 Å². The molecule has 0 atom stereocenters. The van der Waals surface area contributed by atoms with Crippen molar-refractivity contribution >= 4 is 52.2 Å². The summed E-state index contributed by atoms with van der Waals surface area (Å²) in [6.07, 6.45) is 5.65. The highest BCUT2D eigenvalue weighted by Gasteiger charge is 2.19. The van der Waals surface area contributed by atoms with Gasteiger partial charge in [0.15, 0.2) is 17.0 Å². The highest BCUT2D eigenvalue weighted by Crippen LogP contribution is 2.19. The molecule has 0 unspecified atom stereocenters. The van der Waals surface area contributed by atoms with E-state index in [1.54, 1.807) is 12.1 Å². The third-order valence-electron chi connectivity index (χ3n) is 4.18. The molecule has 0 fully saturated rings. The van der Waals surface area contributed by atoms with Gasteiger partial charge in [-0.3, -0.25) is 30.0 Å². The number of imidazole rings is 1. The van der Waals surface area contributed by atoms with Crippen molar-refractivity contribution in [3.05, 3.63) is 60.2 Å². The average molecular weight is 456 g/mol. The highest BCUT2D eigenvalue weighted by atomic mass is 35.5. The number of aromatic nitrogens is 6. The van der Waals surface area contributed by atoms with Gasteiger partial charge in [-0.05, 0) is 18.2 Å². The molecule has 0 aliphatic heterocycles. The molecule has 162 valence electrons. The van der Waals surface area contributed by atoms with E-state index >= 15 is 0 Å². The van der Waals surface area contributed by atoms with Crippen LogP contribution in [0.2, 0.25) is 5.02 Å². The van der Waals surface area contributed by atoms with Crippen LogP contribution in [0.15, 0.2) is 49.4 Å². The second-order valence-corrected chi connectivity index (χ2v) is 6.71. The summed E-state index contributed by atoms with van der Waals surface area (Å²) in [5.41, 5.74) is 3.54. The first kappa shape index (κ1) is 20.7. The lowest BCUT2D eigenvalue weighted by Gasteiger charge is -2.12. The molecule has 32 heavy (non-hydrogen) atoms. The molecule has 4 N–H and O–H groups in total. The molecule has 4 heterocycles. The Hall–Kier alpha value is -4.52. The summed E-state index contributed by atoms with van der Waals surface area (Å²) < 4.78 is 2.61. The summed E-state index contributed by atoms with van der Waals surface area (Å²) in [6, 6.07) is 4.68. The average Bonchev–Trinajstić information content (AvgIpc) is 3.32. The summed E-state index contributed by atoms with van der Waals surface area (Å²) in [7, 11) is 0. The maximum Gasteiger partial charge on any atom is 0.410 e. The quantitative estimate of drug-likeness (QED) is 0.341. The number of carbonyl (C=O) groups is 3. The van der Waals surface area contributed by atoms with E-state index in [4.69, 9.17) is 16.7 Å². The molecular formula is C18H14ClN9O4. The molecule has 0 radical (unpaired) electrons. The molecule has 0 spiro atoms. The van der Waals surface area contributed by atoms with Crippen molar-refractivity contribution in [2.24, 2.45) is 0 Å². The van der Waals surface area contributed by atoms with Gasteiger partial charge in [-0.2, -0.15) is 0 Å². The van der Waals surface area contributed by atoms with Crippen LogP contribution in [-0.4, -0.2) is 52.2 Å². The number of rotatable bonds is 6. The molecule has 13 nitrogen and oxygen atoms in total. The fourth-order valence-corrected chi connectivity index (χ4v) is 3.09. The lowest BCUT2D eigenvalue weighted by atomic mass is 10.3. The van der Waals surface area contributed by atoms with E-state index in [9.17, 15) is 14.4 Å². The highest BCUT2D eigenvalue weighted by molar-refractivity contribution is 6.34. The zero-order valence-corrected chi connectivity index (χ0v) is 16.8. The number of carbonyl (C=O) groups excluding carboxylic acids is 2. The zero-order valence-electron chi connectivity index (χ0n) is 16.1. The van der Waals surface area contributed by atoms with Crippen molar-refractivity contribution in [2.75, 3.05) is 16.1 Å². The summed E-state index contributed by atoms with van der Waals surface area (Å²) in [4.78, 5) is 52.0. The largest absolute Gasteiger partial charge is 0.465 e. The molecule has 0 aromatic carbocycles. The number of fused-ring (bicyclic) bond motifs is 1. The van der Waals surface area contributed by atoms with Crippen LogP contribution in [0.4, 0.5) is 16.3 Å². The summed E-state index contributed by atoms with van der Waals surface area (Å²) in [5.74, 6) is -1.05. The molecule has 4 aromatic heterocycles. The van der Waals surface area contributed by atoms with Crippen molar-refractivity contribution in [3.63, 3.8) is 0 Å². The number of anilines is 2. The van der Waals surface area contributed by atoms with Crippen molar-refractivity contribution < 1.29 is 19.5 Å². The predicted molar refractivity (Wildman–Crippen MR) is 113 cm³/mol. The van der Waals surface area contributed by atoms with Gasteiger partial charge in [-0.15, -0.1) is 0 Å². The van der Waals surface area contributed by atoms with E-state index in [0.29, 0.717) is 5.69 Å².